The highest BCUT2D eigenvalue weighted by atomic mass is 35.5. The molecule has 2 unspecified atom stereocenters. The summed E-state index contributed by atoms with van der Waals surface area (Å²) in [6, 6.07) is 15.8. The maximum absolute atomic E-state index is 12.9. The minimum absolute atomic E-state index is 0. The zero-order valence-corrected chi connectivity index (χ0v) is 16.5. The molecule has 0 radical (unpaired) electrons. The molecule has 1 amide bonds. The lowest BCUT2D eigenvalue weighted by atomic mass is 9.95. The number of likely N-dealkylation sites (tertiary alicyclic amines) is 1. The molecule has 2 aromatic carbocycles. The van der Waals surface area contributed by atoms with Crippen molar-refractivity contribution < 1.29 is 4.79 Å². The number of hydrogen-bond donors (Lipinski definition) is 1. The van der Waals surface area contributed by atoms with E-state index in [9.17, 15) is 4.79 Å². The number of nitrogens with two attached hydrogens (primary N) is 1. The highest BCUT2D eigenvalue weighted by Crippen LogP contribution is 2.52. The molecule has 4 atom stereocenters. The first kappa shape index (κ1) is 19.5. The second kappa shape index (κ2) is 7.77. The van der Waals surface area contributed by atoms with Crippen molar-refractivity contribution in [1.82, 2.24) is 4.90 Å². The fourth-order valence-corrected chi connectivity index (χ4v) is 4.36. The van der Waals surface area contributed by atoms with Gasteiger partial charge in [-0.05, 0) is 29.5 Å². The predicted molar refractivity (Wildman–Crippen MR) is 108 cm³/mol. The Hall–Kier alpha value is -1.26. The third-order valence-electron chi connectivity index (χ3n) is 5.39. The Labute approximate surface area is 169 Å². The number of halogens is 3. The first-order valence-corrected chi connectivity index (χ1v) is 9.35. The minimum Gasteiger partial charge on any atom is -0.340 e. The summed E-state index contributed by atoms with van der Waals surface area (Å²) >= 11 is 12.4. The van der Waals surface area contributed by atoms with Crippen LogP contribution in [0.4, 0.5) is 0 Å². The second-order valence-corrected chi connectivity index (χ2v) is 7.80. The van der Waals surface area contributed by atoms with Gasteiger partial charge >= 0.3 is 0 Å². The van der Waals surface area contributed by atoms with Gasteiger partial charge in [-0.3, -0.25) is 4.79 Å². The van der Waals surface area contributed by atoms with Gasteiger partial charge in [-0.1, -0.05) is 65.7 Å². The van der Waals surface area contributed by atoms with E-state index < -0.39 is 0 Å². The van der Waals surface area contributed by atoms with Crippen LogP contribution in [0.1, 0.15) is 29.4 Å². The van der Waals surface area contributed by atoms with E-state index in [1.807, 2.05) is 35.2 Å². The summed E-state index contributed by atoms with van der Waals surface area (Å²) in [5, 5.41) is 1.12. The van der Waals surface area contributed by atoms with Crippen LogP contribution in [0, 0.1) is 5.92 Å². The molecule has 0 spiro atoms. The molecule has 2 fully saturated rings. The maximum atomic E-state index is 12.9. The third-order valence-corrected chi connectivity index (χ3v) is 6.23. The molecule has 1 aliphatic carbocycles. The number of carbonyl (C=O) groups is 1. The van der Waals surface area contributed by atoms with E-state index >= 15 is 0 Å². The number of carbonyl (C=O) groups excluding carboxylic acids is 1. The van der Waals surface area contributed by atoms with Crippen molar-refractivity contribution in [3.63, 3.8) is 0 Å². The van der Waals surface area contributed by atoms with Gasteiger partial charge in [0.2, 0.25) is 5.91 Å². The van der Waals surface area contributed by atoms with Gasteiger partial charge in [0.15, 0.2) is 0 Å². The molecule has 0 aromatic heterocycles. The van der Waals surface area contributed by atoms with E-state index in [2.05, 4.69) is 12.1 Å². The number of benzene rings is 2. The average molecular weight is 412 g/mol. The van der Waals surface area contributed by atoms with Crippen molar-refractivity contribution in [2.24, 2.45) is 11.7 Å². The Morgan fingerprint density at radius 2 is 1.73 bits per heavy atom. The van der Waals surface area contributed by atoms with Crippen LogP contribution < -0.4 is 5.73 Å². The fourth-order valence-electron chi connectivity index (χ4n) is 3.91. The van der Waals surface area contributed by atoms with Gasteiger partial charge in [-0.2, -0.15) is 0 Å². The summed E-state index contributed by atoms with van der Waals surface area (Å²) in [5.74, 6) is 0.565. The van der Waals surface area contributed by atoms with Gasteiger partial charge in [-0.15, -0.1) is 12.4 Å². The molecule has 3 nitrogen and oxygen atoms in total. The molecule has 0 bridgehead atoms. The standard InChI is InChI=1S/C20H20Cl2N2O.ClH/c21-17-8-4-7-13(19(17)22)14-9-15(14)20(25)24-10-16(18(23)11-24)12-5-2-1-3-6-12;/h1-8,14-16,18H,9-11,23H2;1H/t14?,15?,16-,18+;/m0./s1. The van der Waals surface area contributed by atoms with Crippen LogP contribution >= 0.6 is 35.6 Å². The Morgan fingerprint density at radius 3 is 2.46 bits per heavy atom. The highest BCUT2D eigenvalue weighted by Gasteiger charge is 2.48. The smallest absolute Gasteiger partial charge is 0.226 e. The van der Waals surface area contributed by atoms with Crippen molar-refractivity contribution in [3.8, 4) is 0 Å². The van der Waals surface area contributed by atoms with Crippen molar-refractivity contribution in [2.45, 2.75) is 24.3 Å². The quantitative estimate of drug-likeness (QED) is 0.810. The number of nitrogens with zero attached hydrogens (tertiary/aromatic N) is 1. The largest absolute Gasteiger partial charge is 0.340 e. The SMILES string of the molecule is Cl.N[C@@H]1CN(C(=O)C2CC2c2cccc(Cl)c2Cl)C[C@H]1c1ccccc1. The highest BCUT2D eigenvalue weighted by molar-refractivity contribution is 6.42. The Balaban J connectivity index is 0.00000196. The van der Waals surface area contributed by atoms with Crippen molar-refractivity contribution in [3.05, 3.63) is 69.7 Å². The number of amides is 1. The van der Waals surface area contributed by atoms with Crippen LogP contribution in [0.3, 0.4) is 0 Å². The Bertz CT molecular complexity index is 799. The lowest BCUT2D eigenvalue weighted by Crippen LogP contribution is -2.33. The van der Waals surface area contributed by atoms with E-state index in [-0.39, 0.29) is 42.1 Å². The molecule has 1 saturated carbocycles. The molecule has 2 aliphatic rings. The zero-order valence-electron chi connectivity index (χ0n) is 14.1. The molecule has 138 valence electrons. The molecule has 1 heterocycles. The molecular formula is C20H21Cl3N2O. The van der Waals surface area contributed by atoms with Crippen LogP contribution in [0.5, 0.6) is 0 Å². The summed E-state index contributed by atoms with van der Waals surface area (Å²) in [6.07, 6.45) is 0.834. The Kier molecular flexibility index (Phi) is 5.83. The van der Waals surface area contributed by atoms with Gasteiger partial charge in [0, 0.05) is 31.0 Å². The first-order valence-electron chi connectivity index (χ1n) is 8.59. The molecule has 1 aliphatic heterocycles. The predicted octanol–water partition coefficient (Wildman–Crippen LogP) is 4.47. The summed E-state index contributed by atoms with van der Waals surface area (Å²) in [4.78, 5) is 14.8. The molecule has 4 rings (SSSR count). The average Bonchev–Trinajstić information content (AvgIpc) is 3.32. The van der Waals surface area contributed by atoms with Gasteiger partial charge < -0.3 is 10.6 Å². The lowest BCUT2D eigenvalue weighted by molar-refractivity contribution is -0.131. The molecule has 2 N–H and O–H groups in total. The lowest BCUT2D eigenvalue weighted by Gasteiger charge is -2.17. The van der Waals surface area contributed by atoms with Crippen LogP contribution in [0.15, 0.2) is 48.5 Å². The van der Waals surface area contributed by atoms with E-state index in [0.717, 1.165) is 12.0 Å². The van der Waals surface area contributed by atoms with Gasteiger partial charge in [0.25, 0.3) is 0 Å². The van der Waals surface area contributed by atoms with Crippen molar-refractivity contribution in [1.29, 1.82) is 0 Å². The topological polar surface area (TPSA) is 46.3 Å². The molecular weight excluding hydrogens is 391 g/mol. The third kappa shape index (κ3) is 3.59. The maximum Gasteiger partial charge on any atom is 0.226 e. The molecule has 2 aromatic rings. The van der Waals surface area contributed by atoms with Crippen molar-refractivity contribution in [2.75, 3.05) is 13.1 Å². The van der Waals surface area contributed by atoms with Crippen molar-refractivity contribution >= 4 is 41.5 Å². The zero-order chi connectivity index (χ0) is 17.6. The minimum atomic E-state index is -0.0155. The van der Waals surface area contributed by atoms with Gasteiger partial charge in [-0.25, -0.2) is 0 Å². The van der Waals surface area contributed by atoms with Crippen LogP contribution in [0.2, 0.25) is 10.0 Å². The van der Waals surface area contributed by atoms with Crippen LogP contribution in [0.25, 0.3) is 0 Å². The van der Waals surface area contributed by atoms with Gasteiger partial charge in [0.05, 0.1) is 10.0 Å². The van der Waals surface area contributed by atoms with Gasteiger partial charge in [0.1, 0.15) is 0 Å². The Morgan fingerprint density at radius 1 is 1.00 bits per heavy atom. The van der Waals surface area contributed by atoms with Crippen LogP contribution in [-0.4, -0.2) is 29.9 Å². The summed E-state index contributed by atoms with van der Waals surface area (Å²) in [5.41, 5.74) is 8.50. The number of hydrogen-bond acceptors (Lipinski definition) is 2. The molecule has 1 saturated heterocycles. The van der Waals surface area contributed by atoms with E-state index in [1.54, 1.807) is 6.07 Å². The summed E-state index contributed by atoms with van der Waals surface area (Å²) in [7, 11) is 0. The fraction of sp³-hybridized carbons (Fsp3) is 0.350. The summed E-state index contributed by atoms with van der Waals surface area (Å²) in [6.45, 7) is 1.31. The van der Waals surface area contributed by atoms with Crippen LogP contribution in [-0.2, 0) is 4.79 Å². The first-order chi connectivity index (χ1) is 12.1. The normalized spacial score (nSPS) is 27.1. The molecule has 26 heavy (non-hydrogen) atoms. The van der Waals surface area contributed by atoms with E-state index in [4.69, 9.17) is 28.9 Å². The second-order valence-electron chi connectivity index (χ2n) is 7.02. The van der Waals surface area contributed by atoms with E-state index in [0.29, 0.717) is 23.1 Å². The monoisotopic (exact) mass is 410 g/mol. The van der Waals surface area contributed by atoms with E-state index in [1.165, 1.54) is 5.56 Å². The number of rotatable bonds is 3. The molecule has 6 heteroatoms. The summed E-state index contributed by atoms with van der Waals surface area (Å²) < 4.78 is 0.